The molecule has 0 saturated heterocycles. The van der Waals surface area contributed by atoms with Crippen molar-refractivity contribution in [1.29, 1.82) is 0 Å². The van der Waals surface area contributed by atoms with E-state index in [1.165, 1.54) is 0 Å². The van der Waals surface area contributed by atoms with Crippen LogP contribution in [-0.2, 0) is 4.74 Å². The van der Waals surface area contributed by atoms with Crippen molar-refractivity contribution in [1.82, 2.24) is 0 Å². The van der Waals surface area contributed by atoms with Gasteiger partial charge in [0.15, 0.2) is 0 Å². The third-order valence-electron chi connectivity index (χ3n) is 3.28. The summed E-state index contributed by atoms with van der Waals surface area (Å²) < 4.78 is 6.99. The molecule has 2 nitrogen and oxygen atoms in total. The zero-order chi connectivity index (χ0) is 13.9. The molecule has 0 amide bonds. The van der Waals surface area contributed by atoms with E-state index >= 15 is 0 Å². The summed E-state index contributed by atoms with van der Waals surface area (Å²) in [6.07, 6.45) is -0.0774. The van der Waals surface area contributed by atoms with Crippen LogP contribution in [0.2, 0.25) is 0 Å². The number of hydrogen-bond donors (Lipinski definition) is 0. The van der Waals surface area contributed by atoms with Gasteiger partial charge in [0.2, 0.25) is 5.90 Å². The zero-order valence-corrected chi connectivity index (χ0v) is 12.5. The fourth-order valence-corrected chi connectivity index (χ4v) is 2.41. The molecule has 1 atom stereocenters. The van der Waals surface area contributed by atoms with Crippen molar-refractivity contribution < 1.29 is 4.74 Å². The summed E-state index contributed by atoms with van der Waals surface area (Å²) in [5, 5.41) is 0. The monoisotopic (exact) mass is 327 g/mol. The van der Waals surface area contributed by atoms with Crippen molar-refractivity contribution in [3.8, 4) is 0 Å². The average molecular weight is 328 g/mol. The minimum absolute atomic E-state index is 0.0774. The SMILES string of the molecule is C=C(c1ccc(Br)cc1)C1CN=C(c2ccccc2)O1. The van der Waals surface area contributed by atoms with E-state index in [4.69, 9.17) is 4.74 Å². The second-order valence-corrected chi connectivity index (χ2v) is 5.57. The summed E-state index contributed by atoms with van der Waals surface area (Å²) in [7, 11) is 0. The normalized spacial score (nSPS) is 17.4. The van der Waals surface area contributed by atoms with Crippen LogP contribution in [0.5, 0.6) is 0 Å². The maximum atomic E-state index is 5.93. The Morgan fingerprint density at radius 2 is 1.80 bits per heavy atom. The predicted octanol–water partition coefficient (Wildman–Crippen LogP) is 4.31. The number of rotatable bonds is 3. The first kappa shape index (κ1) is 13.1. The molecule has 3 heteroatoms. The van der Waals surface area contributed by atoms with Gasteiger partial charge in [0, 0.05) is 10.0 Å². The van der Waals surface area contributed by atoms with Gasteiger partial charge in [-0.3, -0.25) is 0 Å². The van der Waals surface area contributed by atoms with Crippen LogP contribution in [0.25, 0.3) is 5.57 Å². The van der Waals surface area contributed by atoms with Crippen LogP contribution in [0.15, 0.2) is 70.6 Å². The highest BCUT2D eigenvalue weighted by Crippen LogP contribution is 2.25. The summed E-state index contributed by atoms with van der Waals surface area (Å²) >= 11 is 3.43. The van der Waals surface area contributed by atoms with Gasteiger partial charge < -0.3 is 4.74 Å². The average Bonchev–Trinajstić information content (AvgIpc) is 2.98. The molecule has 0 bridgehead atoms. The van der Waals surface area contributed by atoms with Crippen molar-refractivity contribution in [3.05, 3.63) is 76.8 Å². The number of halogens is 1. The van der Waals surface area contributed by atoms with E-state index in [9.17, 15) is 0 Å². The van der Waals surface area contributed by atoms with Crippen molar-refractivity contribution in [3.63, 3.8) is 0 Å². The number of benzene rings is 2. The van der Waals surface area contributed by atoms with Crippen molar-refractivity contribution >= 4 is 27.4 Å². The largest absolute Gasteiger partial charge is 0.467 e. The van der Waals surface area contributed by atoms with E-state index in [1.54, 1.807) is 0 Å². The minimum Gasteiger partial charge on any atom is -0.467 e. The van der Waals surface area contributed by atoms with Gasteiger partial charge in [-0.05, 0) is 35.4 Å². The van der Waals surface area contributed by atoms with Crippen LogP contribution in [-0.4, -0.2) is 18.5 Å². The van der Waals surface area contributed by atoms with Crippen LogP contribution in [0.3, 0.4) is 0 Å². The summed E-state index contributed by atoms with van der Waals surface area (Å²) in [6, 6.07) is 18.1. The second-order valence-electron chi connectivity index (χ2n) is 4.65. The summed E-state index contributed by atoms with van der Waals surface area (Å²) in [4.78, 5) is 4.48. The van der Waals surface area contributed by atoms with E-state index in [0.717, 1.165) is 21.2 Å². The van der Waals surface area contributed by atoms with Crippen LogP contribution in [0.1, 0.15) is 11.1 Å². The summed E-state index contributed by atoms with van der Waals surface area (Å²) in [5.74, 6) is 0.703. The number of nitrogens with zero attached hydrogens (tertiary/aromatic N) is 1. The zero-order valence-electron chi connectivity index (χ0n) is 10.9. The van der Waals surface area contributed by atoms with Crippen LogP contribution < -0.4 is 0 Å². The lowest BCUT2D eigenvalue weighted by Gasteiger charge is -2.14. The summed E-state index contributed by atoms with van der Waals surface area (Å²) in [6.45, 7) is 4.78. The van der Waals surface area contributed by atoms with Gasteiger partial charge in [-0.1, -0.05) is 52.8 Å². The molecule has 0 spiro atoms. The molecule has 1 aliphatic heterocycles. The molecule has 0 aliphatic carbocycles. The van der Waals surface area contributed by atoms with Gasteiger partial charge in [0.05, 0.1) is 6.54 Å². The molecule has 0 N–H and O–H groups in total. The van der Waals surface area contributed by atoms with E-state index in [1.807, 2.05) is 54.6 Å². The fraction of sp³-hybridized carbons (Fsp3) is 0.118. The molecule has 0 aromatic heterocycles. The molecule has 3 rings (SSSR count). The molecular weight excluding hydrogens is 314 g/mol. The number of hydrogen-bond acceptors (Lipinski definition) is 2. The summed E-state index contributed by atoms with van der Waals surface area (Å²) in [5.41, 5.74) is 3.06. The van der Waals surface area contributed by atoms with Crippen LogP contribution >= 0.6 is 15.9 Å². The van der Waals surface area contributed by atoms with E-state index in [2.05, 4.69) is 27.5 Å². The molecule has 1 heterocycles. The van der Waals surface area contributed by atoms with Gasteiger partial charge in [-0.25, -0.2) is 4.99 Å². The lowest BCUT2D eigenvalue weighted by Crippen LogP contribution is -2.15. The molecule has 2 aromatic carbocycles. The Hall–Kier alpha value is -1.87. The Labute approximate surface area is 126 Å². The van der Waals surface area contributed by atoms with E-state index in [0.29, 0.717) is 12.4 Å². The number of aliphatic imine (C=N–C) groups is 1. The smallest absolute Gasteiger partial charge is 0.216 e. The molecule has 0 radical (unpaired) electrons. The Kier molecular flexibility index (Phi) is 3.70. The molecule has 20 heavy (non-hydrogen) atoms. The Morgan fingerprint density at radius 3 is 2.50 bits per heavy atom. The fourth-order valence-electron chi connectivity index (χ4n) is 2.15. The molecule has 100 valence electrons. The lowest BCUT2D eigenvalue weighted by atomic mass is 10.0. The third kappa shape index (κ3) is 2.68. The van der Waals surface area contributed by atoms with Crippen molar-refractivity contribution in [2.45, 2.75) is 6.10 Å². The Balaban J connectivity index is 1.73. The lowest BCUT2D eigenvalue weighted by molar-refractivity contribution is 0.284. The molecule has 1 unspecified atom stereocenters. The molecule has 1 aliphatic rings. The van der Waals surface area contributed by atoms with Gasteiger partial charge >= 0.3 is 0 Å². The van der Waals surface area contributed by atoms with Crippen LogP contribution in [0.4, 0.5) is 0 Å². The Morgan fingerprint density at radius 1 is 1.10 bits per heavy atom. The van der Waals surface area contributed by atoms with Gasteiger partial charge in [0.1, 0.15) is 6.10 Å². The van der Waals surface area contributed by atoms with Crippen molar-refractivity contribution in [2.75, 3.05) is 6.54 Å². The predicted molar refractivity (Wildman–Crippen MR) is 85.9 cm³/mol. The first-order chi connectivity index (χ1) is 9.74. The van der Waals surface area contributed by atoms with Gasteiger partial charge in [0.25, 0.3) is 0 Å². The van der Waals surface area contributed by atoms with Gasteiger partial charge in [-0.15, -0.1) is 0 Å². The molecule has 0 fully saturated rings. The maximum absolute atomic E-state index is 5.93. The standard InChI is InChI=1S/C17H14BrNO/c1-12(13-7-9-15(18)10-8-13)16-11-19-17(20-16)14-5-3-2-4-6-14/h2-10,16H,1,11H2. The third-order valence-corrected chi connectivity index (χ3v) is 3.81. The molecule has 2 aromatic rings. The Bertz CT molecular complexity index is 646. The van der Waals surface area contributed by atoms with E-state index < -0.39 is 0 Å². The molecular formula is C17H14BrNO. The van der Waals surface area contributed by atoms with Crippen molar-refractivity contribution in [2.24, 2.45) is 4.99 Å². The molecule has 0 saturated carbocycles. The highest BCUT2D eigenvalue weighted by Gasteiger charge is 2.24. The van der Waals surface area contributed by atoms with E-state index in [-0.39, 0.29) is 6.10 Å². The number of ether oxygens (including phenoxy) is 1. The highest BCUT2D eigenvalue weighted by molar-refractivity contribution is 9.10. The van der Waals surface area contributed by atoms with Gasteiger partial charge in [-0.2, -0.15) is 0 Å². The quantitative estimate of drug-likeness (QED) is 0.823. The first-order valence-corrected chi connectivity index (χ1v) is 7.24. The maximum Gasteiger partial charge on any atom is 0.216 e. The first-order valence-electron chi connectivity index (χ1n) is 6.45. The second kappa shape index (κ2) is 5.63. The topological polar surface area (TPSA) is 21.6 Å². The van der Waals surface area contributed by atoms with Crippen LogP contribution in [0, 0.1) is 0 Å². The highest BCUT2D eigenvalue weighted by atomic mass is 79.9. The minimum atomic E-state index is -0.0774.